The number of piperidine rings is 1. The normalized spacial score (nSPS) is 14.9. The molecule has 1 fully saturated rings. The zero-order valence-corrected chi connectivity index (χ0v) is 14.6. The van der Waals surface area contributed by atoms with E-state index in [1.807, 2.05) is 0 Å². The molecule has 0 radical (unpaired) electrons. The van der Waals surface area contributed by atoms with Crippen molar-refractivity contribution in [3.63, 3.8) is 0 Å². The van der Waals surface area contributed by atoms with Gasteiger partial charge in [0, 0.05) is 24.7 Å². The van der Waals surface area contributed by atoms with Crippen LogP contribution in [0.1, 0.15) is 30.3 Å². The molecule has 3 N–H and O–H groups in total. The summed E-state index contributed by atoms with van der Waals surface area (Å²) in [5, 5.41) is 19.6. The number of nitrogens with one attached hydrogen (secondary N) is 2. The van der Waals surface area contributed by atoms with Gasteiger partial charge >= 0.3 is 6.09 Å². The van der Waals surface area contributed by atoms with Crippen LogP contribution < -0.4 is 5.32 Å². The second-order valence-corrected chi connectivity index (χ2v) is 6.12. The van der Waals surface area contributed by atoms with Crippen molar-refractivity contribution < 1.29 is 19.4 Å². The number of carbonyl (C=O) groups is 2. The van der Waals surface area contributed by atoms with Crippen LogP contribution in [0.2, 0.25) is 0 Å². The van der Waals surface area contributed by atoms with E-state index in [0.717, 1.165) is 0 Å². The predicted molar refractivity (Wildman–Crippen MR) is 94.8 cm³/mol. The summed E-state index contributed by atoms with van der Waals surface area (Å²) in [6, 6.07) is 8.42. The van der Waals surface area contributed by atoms with Crippen LogP contribution in [-0.4, -0.2) is 57.9 Å². The summed E-state index contributed by atoms with van der Waals surface area (Å²) in [5.41, 5.74) is 1.40. The Bertz CT molecular complexity index is 781. The smallest absolute Gasteiger partial charge is 0.409 e. The van der Waals surface area contributed by atoms with E-state index < -0.39 is 0 Å². The molecule has 2 amide bonds. The monoisotopic (exact) mass is 358 g/mol. The minimum atomic E-state index is -0.307. The van der Waals surface area contributed by atoms with E-state index in [-0.39, 0.29) is 23.8 Å². The van der Waals surface area contributed by atoms with Gasteiger partial charge in [-0.15, -0.1) is 0 Å². The highest BCUT2D eigenvalue weighted by atomic mass is 16.6. The van der Waals surface area contributed by atoms with Gasteiger partial charge in [0.25, 0.3) is 5.91 Å². The first-order chi connectivity index (χ1) is 12.6. The van der Waals surface area contributed by atoms with Gasteiger partial charge in [0.1, 0.15) is 11.4 Å². The zero-order valence-electron chi connectivity index (χ0n) is 14.6. The maximum absolute atomic E-state index is 12.4. The summed E-state index contributed by atoms with van der Waals surface area (Å²) in [6.45, 7) is 3.24. The van der Waals surface area contributed by atoms with Crippen molar-refractivity contribution in [3.8, 4) is 17.0 Å². The number of phenols is 1. The number of hydrogen-bond donors (Lipinski definition) is 3. The zero-order chi connectivity index (χ0) is 18.5. The molecule has 1 aliphatic heterocycles. The van der Waals surface area contributed by atoms with E-state index in [1.54, 1.807) is 42.2 Å². The van der Waals surface area contributed by atoms with Crippen molar-refractivity contribution in [2.24, 2.45) is 0 Å². The van der Waals surface area contributed by atoms with Crippen molar-refractivity contribution in [2.75, 3.05) is 19.7 Å². The molecule has 2 heterocycles. The molecule has 1 aromatic carbocycles. The molecule has 0 bridgehead atoms. The number of phenolic OH excluding ortho intramolecular Hbond substituents is 1. The van der Waals surface area contributed by atoms with Crippen LogP contribution in [0.3, 0.4) is 0 Å². The first-order valence-electron chi connectivity index (χ1n) is 8.64. The fraction of sp³-hybridized carbons (Fsp3) is 0.389. The van der Waals surface area contributed by atoms with Crippen LogP contribution in [0.5, 0.6) is 5.75 Å². The molecule has 0 unspecified atom stereocenters. The Morgan fingerprint density at radius 1 is 1.35 bits per heavy atom. The van der Waals surface area contributed by atoms with Gasteiger partial charge in [-0.1, -0.05) is 12.1 Å². The molecular formula is C18H22N4O4. The number of aromatic nitrogens is 2. The summed E-state index contributed by atoms with van der Waals surface area (Å²) >= 11 is 0. The SMILES string of the molecule is CCOC(=O)N1CCC(NC(=O)c2cc(-c3ccccc3O)n[nH]2)CC1. The van der Waals surface area contributed by atoms with Crippen LogP contribution in [0.25, 0.3) is 11.3 Å². The quantitative estimate of drug-likeness (QED) is 0.776. The third-order valence-electron chi connectivity index (χ3n) is 4.36. The molecule has 0 aliphatic carbocycles. The summed E-state index contributed by atoms with van der Waals surface area (Å²) in [4.78, 5) is 25.8. The lowest BCUT2D eigenvalue weighted by Gasteiger charge is -2.31. The van der Waals surface area contributed by atoms with E-state index in [1.165, 1.54) is 0 Å². The lowest BCUT2D eigenvalue weighted by molar-refractivity contribution is 0.0856. The third-order valence-corrected chi connectivity index (χ3v) is 4.36. The average Bonchev–Trinajstić information content (AvgIpc) is 3.13. The Morgan fingerprint density at radius 3 is 2.77 bits per heavy atom. The molecular weight excluding hydrogens is 336 g/mol. The molecule has 1 aliphatic rings. The molecule has 0 atom stereocenters. The van der Waals surface area contributed by atoms with Gasteiger partial charge in [-0.25, -0.2) is 4.79 Å². The molecule has 1 aromatic heterocycles. The summed E-state index contributed by atoms with van der Waals surface area (Å²) in [7, 11) is 0. The molecule has 2 aromatic rings. The number of ether oxygens (including phenoxy) is 1. The number of H-pyrrole nitrogens is 1. The predicted octanol–water partition coefficient (Wildman–Crippen LogP) is 2.13. The summed E-state index contributed by atoms with van der Waals surface area (Å²) < 4.78 is 4.99. The van der Waals surface area contributed by atoms with Gasteiger partial charge in [0.2, 0.25) is 0 Å². The largest absolute Gasteiger partial charge is 0.507 e. The lowest BCUT2D eigenvalue weighted by atomic mass is 10.1. The lowest BCUT2D eigenvalue weighted by Crippen LogP contribution is -2.46. The standard InChI is InChI=1S/C18H22N4O4/c1-2-26-18(25)22-9-7-12(8-10-22)19-17(24)15-11-14(20-21-15)13-5-3-4-6-16(13)23/h3-6,11-12,23H,2,7-10H2,1H3,(H,19,24)(H,20,21). The number of aromatic amines is 1. The van der Waals surface area contributed by atoms with Gasteiger partial charge in [0.05, 0.1) is 12.3 Å². The maximum atomic E-state index is 12.4. The van der Waals surface area contributed by atoms with Crippen molar-refractivity contribution in [1.82, 2.24) is 20.4 Å². The highest BCUT2D eigenvalue weighted by Gasteiger charge is 2.25. The maximum Gasteiger partial charge on any atom is 0.409 e. The van der Waals surface area contributed by atoms with Gasteiger partial charge in [-0.3, -0.25) is 9.89 Å². The number of aromatic hydroxyl groups is 1. The van der Waals surface area contributed by atoms with Crippen LogP contribution in [0, 0.1) is 0 Å². The molecule has 138 valence electrons. The number of para-hydroxylation sites is 1. The molecule has 8 heteroatoms. The minimum Gasteiger partial charge on any atom is -0.507 e. The molecule has 8 nitrogen and oxygen atoms in total. The van der Waals surface area contributed by atoms with E-state index in [2.05, 4.69) is 15.5 Å². The Labute approximate surface area is 151 Å². The fourth-order valence-electron chi connectivity index (χ4n) is 2.95. The van der Waals surface area contributed by atoms with E-state index in [4.69, 9.17) is 4.74 Å². The topological polar surface area (TPSA) is 108 Å². The van der Waals surface area contributed by atoms with Gasteiger partial charge in [0.15, 0.2) is 0 Å². The van der Waals surface area contributed by atoms with Crippen molar-refractivity contribution in [3.05, 3.63) is 36.0 Å². The number of amides is 2. The molecule has 0 spiro atoms. The van der Waals surface area contributed by atoms with Crippen molar-refractivity contribution in [2.45, 2.75) is 25.8 Å². The van der Waals surface area contributed by atoms with E-state index in [9.17, 15) is 14.7 Å². The van der Waals surface area contributed by atoms with E-state index >= 15 is 0 Å². The number of rotatable bonds is 4. The van der Waals surface area contributed by atoms with Crippen LogP contribution in [0.15, 0.2) is 30.3 Å². The first kappa shape index (κ1) is 17.8. The fourth-order valence-corrected chi connectivity index (χ4v) is 2.95. The van der Waals surface area contributed by atoms with Crippen LogP contribution >= 0.6 is 0 Å². The van der Waals surface area contributed by atoms with Crippen LogP contribution in [-0.2, 0) is 4.74 Å². The Balaban J connectivity index is 1.57. The van der Waals surface area contributed by atoms with Gasteiger partial charge in [-0.2, -0.15) is 5.10 Å². The number of carbonyl (C=O) groups excluding carboxylic acids is 2. The Kier molecular flexibility index (Phi) is 5.40. The first-order valence-corrected chi connectivity index (χ1v) is 8.64. The number of benzene rings is 1. The number of hydrogen-bond acceptors (Lipinski definition) is 5. The van der Waals surface area contributed by atoms with Gasteiger partial charge in [-0.05, 0) is 38.0 Å². The number of nitrogens with zero attached hydrogens (tertiary/aromatic N) is 2. The second kappa shape index (κ2) is 7.90. The molecule has 1 saturated heterocycles. The summed E-state index contributed by atoms with van der Waals surface area (Å²) in [5.74, 6) is -0.147. The van der Waals surface area contributed by atoms with Crippen molar-refractivity contribution in [1.29, 1.82) is 0 Å². The Morgan fingerprint density at radius 2 is 2.08 bits per heavy atom. The van der Waals surface area contributed by atoms with Gasteiger partial charge < -0.3 is 20.1 Å². The second-order valence-electron chi connectivity index (χ2n) is 6.12. The Hall–Kier alpha value is -3.03. The highest BCUT2D eigenvalue weighted by Crippen LogP contribution is 2.27. The average molecular weight is 358 g/mol. The van der Waals surface area contributed by atoms with Crippen molar-refractivity contribution >= 4 is 12.0 Å². The van der Waals surface area contributed by atoms with Crippen LogP contribution in [0.4, 0.5) is 4.79 Å². The third kappa shape index (κ3) is 3.96. The molecule has 3 rings (SSSR count). The molecule has 0 saturated carbocycles. The highest BCUT2D eigenvalue weighted by molar-refractivity contribution is 5.93. The van der Waals surface area contributed by atoms with E-state index in [0.29, 0.717) is 49.5 Å². The number of likely N-dealkylation sites (tertiary alicyclic amines) is 1. The molecule has 26 heavy (non-hydrogen) atoms. The summed E-state index contributed by atoms with van der Waals surface area (Å²) in [6.07, 6.45) is 1.04. The minimum absolute atomic E-state index is 0.00921.